The van der Waals surface area contributed by atoms with Gasteiger partial charge in [-0.2, -0.15) is 0 Å². The van der Waals surface area contributed by atoms with Crippen LogP contribution < -0.4 is 5.32 Å². The summed E-state index contributed by atoms with van der Waals surface area (Å²) in [6.07, 6.45) is -0.397. The Hall–Kier alpha value is -3.41. The number of carbonyl (C=O) groups excluding carboxylic acids is 3. The Morgan fingerprint density at radius 2 is 1.97 bits per heavy atom. The highest BCUT2D eigenvalue weighted by Crippen LogP contribution is 2.47. The summed E-state index contributed by atoms with van der Waals surface area (Å²) in [7, 11) is 1.42. The molecule has 3 rings (SSSR count). The number of para-hydroxylation sites is 1. The normalized spacial score (nSPS) is 22.6. The number of benzene rings is 1. The highest BCUT2D eigenvalue weighted by Gasteiger charge is 2.59. The molecule has 1 fully saturated rings. The minimum absolute atomic E-state index is 0.0283. The zero-order valence-electron chi connectivity index (χ0n) is 19.6. The number of likely N-dealkylation sites (N-methyl/N-ethyl adjacent to an activating group) is 1. The summed E-state index contributed by atoms with van der Waals surface area (Å²) in [6, 6.07) is 6.31. The number of likely N-dealkylation sites (tertiary alicyclic amines) is 1. The second-order valence-electron chi connectivity index (χ2n) is 9.85. The molecule has 2 aliphatic rings. The Morgan fingerprint density at radius 3 is 2.55 bits per heavy atom. The lowest BCUT2D eigenvalue weighted by atomic mass is 9.80. The van der Waals surface area contributed by atoms with Gasteiger partial charge in [0.15, 0.2) is 0 Å². The van der Waals surface area contributed by atoms with Crippen LogP contribution in [0.15, 0.2) is 24.3 Å². The number of anilines is 1. The first-order valence-electron chi connectivity index (χ1n) is 11.0. The molecule has 0 radical (unpaired) electrons. The van der Waals surface area contributed by atoms with Crippen LogP contribution in [0.2, 0.25) is 0 Å². The zero-order chi connectivity index (χ0) is 24.7. The fourth-order valence-corrected chi connectivity index (χ4v) is 4.69. The Kier molecular flexibility index (Phi) is 6.25. The molecule has 33 heavy (non-hydrogen) atoms. The van der Waals surface area contributed by atoms with Crippen molar-refractivity contribution >= 4 is 29.4 Å². The largest absolute Gasteiger partial charge is 0.480 e. The first kappa shape index (κ1) is 24.2. The van der Waals surface area contributed by atoms with Crippen LogP contribution in [0.4, 0.5) is 5.69 Å². The highest BCUT2D eigenvalue weighted by atomic mass is 16.4. The molecule has 0 unspecified atom stereocenters. The molecular weight excluding hydrogens is 424 g/mol. The fourth-order valence-electron chi connectivity index (χ4n) is 4.69. The predicted octanol–water partition coefficient (Wildman–Crippen LogP) is 2.34. The number of carboxylic acids is 1. The number of nitrogens with zero attached hydrogens (tertiary/aromatic N) is 3. The number of hydrogen-bond acceptors (Lipinski definition) is 4. The molecule has 1 spiro atoms. The highest BCUT2D eigenvalue weighted by molar-refractivity contribution is 6.07. The molecule has 0 aliphatic carbocycles. The Labute approximate surface area is 193 Å². The van der Waals surface area contributed by atoms with E-state index in [1.165, 1.54) is 30.7 Å². The maximum Gasteiger partial charge on any atom is 0.318 e. The quantitative estimate of drug-likeness (QED) is 0.506. The maximum absolute atomic E-state index is 13.8. The van der Waals surface area contributed by atoms with Crippen LogP contribution in [0.1, 0.15) is 46.1 Å². The van der Waals surface area contributed by atoms with Crippen LogP contribution in [0.3, 0.4) is 0 Å². The van der Waals surface area contributed by atoms with Crippen molar-refractivity contribution in [3.05, 3.63) is 41.2 Å². The molecule has 0 aromatic heterocycles. The van der Waals surface area contributed by atoms with Crippen molar-refractivity contribution in [1.82, 2.24) is 9.80 Å². The molecule has 1 aromatic carbocycles. The minimum Gasteiger partial charge on any atom is -0.480 e. The third-order valence-electron chi connectivity index (χ3n) is 6.73. The SMILES string of the molecule is [C-]#[N+][C@@H]1C[C@@]2(CN1C(=O)[C@H](CC(C)C)N(C)C(=O)C(C)(C)C(=O)O)C(=O)Nc1ccccc12. The smallest absolute Gasteiger partial charge is 0.318 e. The molecule has 2 aliphatic heterocycles. The molecule has 9 heteroatoms. The van der Waals surface area contributed by atoms with Gasteiger partial charge in [0.2, 0.25) is 11.8 Å². The van der Waals surface area contributed by atoms with Crippen LogP contribution in [0.25, 0.3) is 4.85 Å². The van der Waals surface area contributed by atoms with Gasteiger partial charge in [0, 0.05) is 19.3 Å². The van der Waals surface area contributed by atoms with Crippen LogP contribution >= 0.6 is 0 Å². The summed E-state index contributed by atoms with van der Waals surface area (Å²) in [5, 5.41) is 12.3. The first-order valence-corrected chi connectivity index (χ1v) is 11.0. The zero-order valence-corrected chi connectivity index (χ0v) is 19.6. The van der Waals surface area contributed by atoms with Crippen molar-refractivity contribution in [3.8, 4) is 0 Å². The van der Waals surface area contributed by atoms with Crippen molar-refractivity contribution in [2.45, 2.75) is 58.2 Å². The molecule has 1 saturated heterocycles. The number of aliphatic carboxylic acids is 1. The molecule has 3 amide bonds. The number of amides is 3. The van der Waals surface area contributed by atoms with E-state index in [-0.39, 0.29) is 24.8 Å². The average molecular weight is 455 g/mol. The van der Waals surface area contributed by atoms with E-state index in [4.69, 9.17) is 6.57 Å². The van der Waals surface area contributed by atoms with E-state index in [0.29, 0.717) is 12.1 Å². The summed E-state index contributed by atoms with van der Waals surface area (Å²) in [4.78, 5) is 57.6. The van der Waals surface area contributed by atoms with Gasteiger partial charge in [0.05, 0.1) is 6.42 Å². The Morgan fingerprint density at radius 1 is 1.33 bits per heavy atom. The second kappa shape index (κ2) is 8.50. The van der Waals surface area contributed by atoms with Gasteiger partial charge in [0.1, 0.15) is 16.9 Å². The van der Waals surface area contributed by atoms with Gasteiger partial charge in [-0.3, -0.25) is 28.9 Å². The van der Waals surface area contributed by atoms with E-state index in [9.17, 15) is 24.3 Å². The molecule has 2 heterocycles. The number of hydrogen-bond donors (Lipinski definition) is 2. The lowest BCUT2D eigenvalue weighted by Gasteiger charge is -2.35. The van der Waals surface area contributed by atoms with Crippen molar-refractivity contribution < 1.29 is 24.3 Å². The maximum atomic E-state index is 13.8. The fraction of sp³-hybridized carbons (Fsp3) is 0.542. The van der Waals surface area contributed by atoms with Gasteiger partial charge >= 0.3 is 12.1 Å². The molecular formula is C24H30N4O5. The standard InChI is InChI=1S/C24H30N4O5/c1-14(2)11-17(27(6)21(31)23(3,4)22(32)33)19(29)28-13-24(12-18(28)25-5)15-9-7-8-10-16(15)26-20(24)30/h7-10,14,17-18H,11-13H2,1-4,6H3,(H,26,30)(H,32,33)/t17-,18-,24-/m0/s1. The third kappa shape index (κ3) is 3.94. The van der Waals surface area contributed by atoms with Gasteiger partial charge in [-0.05, 0) is 37.8 Å². The molecule has 3 atom stereocenters. The molecule has 176 valence electrons. The predicted molar refractivity (Wildman–Crippen MR) is 121 cm³/mol. The summed E-state index contributed by atoms with van der Waals surface area (Å²) < 4.78 is 0. The first-order chi connectivity index (χ1) is 15.4. The van der Waals surface area contributed by atoms with Crippen LogP contribution in [-0.4, -0.2) is 64.4 Å². The van der Waals surface area contributed by atoms with Crippen LogP contribution in [0.5, 0.6) is 0 Å². The van der Waals surface area contributed by atoms with Crippen LogP contribution in [0, 0.1) is 17.9 Å². The molecule has 2 N–H and O–H groups in total. The van der Waals surface area contributed by atoms with E-state index in [0.717, 1.165) is 5.56 Å². The van der Waals surface area contributed by atoms with Crippen molar-refractivity contribution in [3.63, 3.8) is 0 Å². The van der Waals surface area contributed by atoms with E-state index in [1.807, 2.05) is 32.0 Å². The summed E-state index contributed by atoms with van der Waals surface area (Å²) in [6.45, 7) is 14.1. The van der Waals surface area contributed by atoms with Crippen molar-refractivity contribution in [1.29, 1.82) is 0 Å². The van der Waals surface area contributed by atoms with Crippen molar-refractivity contribution in [2.24, 2.45) is 11.3 Å². The van der Waals surface area contributed by atoms with Gasteiger partial charge < -0.3 is 15.3 Å². The van der Waals surface area contributed by atoms with Gasteiger partial charge in [-0.1, -0.05) is 32.0 Å². The minimum atomic E-state index is -1.71. The van der Waals surface area contributed by atoms with E-state index in [2.05, 4.69) is 10.2 Å². The van der Waals surface area contributed by atoms with E-state index >= 15 is 0 Å². The number of carboxylic acid groups (broad SMARTS) is 1. The molecule has 9 nitrogen and oxygen atoms in total. The topological polar surface area (TPSA) is 111 Å². The number of nitrogens with one attached hydrogen (secondary N) is 1. The van der Waals surface area contributed by atoms with Crippen LogP contribution in [-0.2, 0) is 24.6 Å². The Balaban J connectivity index is 1.96. The summed E-state index contributed by atoms with van der Waals surface area (Å²) in [5.74, 6) is -2.64. The molecule has 1 aromatic rings. The lowest BCUT2D eigenvalue weighted by Crippen LogP contribution is -2.55. The average Bonchev–Trinajstić information content (AvgIpc) is 3.29. The monoisotopic (exact) mass is 454 g/mol. The van der Waals surface area contributed by atoms with Gasteiger partial charge in [-0.15, -0.1) is 0 Å². The molecule has 0 saturated carbocycles. The Bertz CT molecular complexity index is 1040. The van der Waals surface area contributed by atoms with Gasteiger partial charge in [-0.25, -0.2) is 6.57 Å². The number of carbonyl (C=O) groups is 4. The summed E-state index contributed by atoms with van der Waals surface area (Å²) >= 11 is 0. The van der Waals surface area contributed by atoms with Crippen molar-refractivity contribution in [2.75, 3.05) is 18.9 Å². The number of rotatable bonds is 6. The summed E-state index contributed by atoms with van der Waals surface area (Å²) in [5.41, 5.74) is -1.29. The van der Waals surface area contributed by atoms with E-state index < -0.39 is 40.8 Å². The molecule has 0 bridgehead atoms. The third-order valence-corrected chi connectivity index (χ3v) is 6.73. The van der Waals surface area contributed by atoms with Gasteiger partial charge in [0.25, 0.3) is 5.91 Å². The number of fused-ring (bicyclic) bond motifs is 2. The van der Waals surface area contributed by atoms with E-state index in [1.54, 1.807) is 6.07 Å². The second-order valence-corrected chi connectivity index (χ2v) is 9.85. The lowest BCUT2D eigenvalue weighted by molar-refractivity contribution is -0.161.